The zero-order valence-corrected chi connectivity index (χ0v) is 11.5. The molecule has 0 saturated carbocycles. The fourth-order valence-electron chi connectivity index (χ4n) is 1.80. The van der Waals surface area contributed by atoms with Gasteiger partial charge in [-0.15, -0.1) is 10.2 Å². The van der Waals surface area contributed by atoms with Gasteiger partial charge < -0.3 is 15.6 Å². The number of thiazole rings is 1. The lowest BCUT2D eigenvalue weighted by Gasteiger charge is -2.06. The molecule has 6 nitrogen and oxygen atoms in total. The molecule has 0 aliphatic rings. The van der Waals surface area contributed by atoms with Gasteiger partial charge in [0.05, 0.1) is 21.9 Å². The van der Waals surface area contributed by atoms with E-state index in [0.29, 0.717) is 10.8 Å². The molecule has 1 aromatic heterocycles. The number of aromatic carboxylic acids is 1. The smallest absolute Gasteiger partial charge is 0.231 e. The van der Waals surface area contributed by atoms with Crippen molar-refractivity contribution in [1.82, 2.24) is 4.98 Å². The minimum Gasteiger partial charge on any atom is -0.545 e. The fraction of sp³-hybridized carbons (Fsp3) is 0. The number of carbonyl (C=O) groups excluding carboxylic acids is 1. The van der Waals surface area contributed by atoms with Crippen LogP contribution >= 0.6 is 11.3 Å². The molecule has 0 aliphatic heterocycles. The molecule has 21 heavy (non-hydrogen) atoms. The van der Waals surface area contributed by atoms with Crippen LogP contribution in [0.4, 0.5) is 16.5 Å². The van der Waals surface area contributed by atoms with Gasteiger partial charge in [0.1, 0.15) is 0 Å². The quantitative estimate of drug-likeness (QED) is 0.592. The van der Waals surface area contributed by atoms with Gasteiger partial charge in [-0.2, -0.15) is 0 Å². The minimum absolute atomic E-state index is 0.0974. The Morgan fingerprint density at radius 1 is 1.19 bits per heavy atom. The highest BCUT2D eigenvalue weighted by atomic mass is 32.1. The van der Waals surface area contributed by atoms with E-state index >= 15 is 0 Å². The van der Waals surface area contributed by atoms with E-state index < -0.39 is 5.97 Å². The number of anilines is 1. The summed E-state index contributed by atoms with van der Waals surface area (Å²) in [6.45, 7) is 0. The van der Waals surface area contributed by atoms with Crippen LogP contribution in [0.25, 0.3) is 10.2 Å². The van der Waals surface area contributed by atoms with Crippen molar-refractivity contribution in [3.63, 3.8) is 0 Å². The molecule has 1 heterocycles. The molecule has 0 aliphatic carbocycles. The first-order valence-corrected chi connectivity index (χ1v) is 6.83. The fourth-order valence-corrected chi connectivity index (χ4v) is 2.59. The summed E-state index contributed by atoms with van der Waals surface area (Å²) in [4.78, 5) is 15.3. The van der Waals surface area contributed by atoms with E-state index in [1.807, 2.05) is 24.3 Å². The second kappa shape index (κ2) is 5.29. The third kappa shape index (κ3) is 2.72. The van der Waals surface area contributed by atoms with E-state index in [1.165, 1.54) is 23.5 Å². The summed E-state index contributed by atoms with van der Waals surface area (Å²) < 4.78 is 0.990. The molecule has 0 fully saturated rings. The first-order chi connectivity index (χ1) is 10.1. The monoisotopic (exact) mass is 297 g/mol. The number of carboxylic acids is 1. The summed E-state index contributed by atoms with van der Waals surface area (Å²) in [5.74, 6) is -1.35. The number of nitrogens with zero attached hydrogens (tertiary/aromatic N) is 3. The summed E-state index contributed by atoms with van der Waals surface area (Å²) in [7, 11) is 0. The van der Waals surface area contributed by atoms with Crippen LogP contribution in [0.1, 0.15) is 10.4 Å². The van der Waals surface area contributed by atoms with Gasteiger partial charge in [0, 0.05) is 11.3 Å². The second-order valence-corrected chi connectivity index (χ2v) is 5.24. The normalized spacial score (nSPS) is 11.2. The Bertz CT molecular complexity index is 824. The lowest BCUT2D eigenvalue weighted by molar-refractivity contribution is -0.254. The van der Waals surface area contributed by atoms with Gasteiger partial charge in [-0.1, -0.05) is 23.5 Å². The van der Waals surface area contributed by atoms with Crippen LogP contribution < -0.4 is 10.8 Å². The Morgan fingerprint density at radius 3 is 2.76 bits per heavy atom. The van der Waals surface area contributed by atoms with Crippen molar-refractivity contribution in [2.45, 2.75) is 0 Å². The number of azo groups is 1. The van der Waals surface area contributed by atoms with Crippen LogP contribution in [-0.2, 0) is 0 Å². The second-order valence-electron chi connectivity index (χ2n) is 4.23. The van der Waals surface area contributed by atoms with Crippen molar-refractivity contribution in [2.24, 2.45) is 10.2 Å². The SMILES string of the molecule is Nc1ccc(N=Nc2nc3ccccc3s2)c(C(=O)[O-])c1. The van der Waals surface area contributed by atoms with E-state index in [9.17, 15) is 9.90 Å². The third-order valence-corrected chi connectivity index (χ3v) is 3.69. The summed E-state index contributed by atoms with van der Waals surface area (Å²) in [6, 6.07) is 11.9. The van der Waals surface area contributed by atoms with Gasteiger partial charge in [0.25, 0.3) is 0 Å². The van der Waals surface area contributed by atoms with Crippen molar-refractivity contribution in [3.8, 4) is 0 Å². The molecule has 0 atom stereocenters. The molecule has 2 N–H and O–H groups in total. The molecular weight excluding hydrogens is 288 g/mol. The van der Waals surface area contributed by atoms with Crippen LogP contribution in [-0.4, -0.2) is 11.0 Å². The van der Waals surface area contributed by atoms with Crippen molar-refractivity contribution in [1.29, 1.82) is 0 Å². The number of benzene rings is 2. The van der Waals surface area contributed by atoms with E-state index in [4.69, 9.17) is 5.73 Å². The lowest BCUT2D eigenvalue weighted by Crippen LogP contribution is -2.22. The molecule has 0 unspecified atom stereocenters. The lowest BCUT2D eigenvalue weighted by atomic mass is 10.1. The molecular formula is C14H9N4O2S-. The number of para-hydroxylation sites is 1. The van der Waals surface area contributed by atoms with E-state index in [0.717, 1.165) is 10.2 Å². The van der Waals surface area contributed by atoms with Crippen LogP contribution in [0, 0.1) is 0 Å². The number of hydrogen-bond donors (Lipinski definition) is 1. The first kappa shape index (κ1) is 13.2. The maximum absolute atomic E-state index is 11.0. The Hall–Kier alpha value is -2.80. The maximum Gasteiger partial charge on any atom is 0.231 e. The number of carboxylic acid groups (broad SMARTS) is 1. The molecule has 0 radical (unpaired) electrons. The van der Waals surface area contributed by atoms with Gasteiger partial charge >= 0.3 is 0 Å². The van der Waals surface area contributed by atoms with Crippen LogP contribution in [0.2, 0.25) is 0 Å². The van der Waals surface area contributed by atoms with Crippen LogP contribution in [0.3, 0.4) is 0 Å². The molecule has 2 aromatic carbocycles. The first-order valence-electron chi connectivity index (χ1n) is 6.01. The number of hydrogen-bond acceptors (Lipinski definition) is 7. The number of fused-ring (bicyclic) bond motifs is 1. The van der Waals surface area contributed by atoms with Crippen molar-refractivity contribution >= 4 is 44.0 Å². The van der Waals surface area contributed by atoms with Crippen molar-refractivity contribution in [2.75, 3.05) is 5.73 Å². The zero-order valence-electron chi connectivity index (χ0n) is 10.7. The molecule has 3 aromatic rings. The number of rotatable bonds is 3. The Balaban J connectivity index is 1.97. The Morgan fingerprint density at radius 2 is 2.00 bits per heavy atom. The van der Waals surface area contributed by atoms with Gasteiger partial charge in [-0.05, 0) is 30.3 Å². The summed E-state index contributed by atoms with van der Waals surface area (Å²) in [5.41, 5.74) is 6.79. The standard InChI is InChI=1S/C14H10N4O2S/c15-8-5-6-10(9(7-8)13(19)20)17-18-14-16-11-3-1-2-4-12(11)21-14/h1-7H,15H2,(H,19,20)/p-1. The van der Waals surface area contributed by atoms with E-state index in [2.05, 4.69) is 15.2 Å². The van der Waals surface area contributed by atoms with E-state index in [-0.39, 0.29) is 11.3 Å². The molecule has 3 rings (SSSR count). The Kier molecular flexibility index (Phi) is 3.33. The highest BCUT2D eigenvalue weighted by Crippen LogP contribution is 2.30. The Labute approximate surface area is 123 Å². The van der Waals surface area contributed by atoms with Gasteiger partial charge in [0.15, 0.2) is 0 Å². The van der Waals surface area contributed by atoms with E-state index in [1.54, 1.807) is 6.07 Å². The highest BCUT2D eigenvalue weighted by molar-refractivity contribution is 7.21. The van der Waals surface area contributed by atoms with Gasteiger partial charge in [0.2, 0.25) is 5.13 Å². The van der Waals surface area contributed by atoms with Crippen LogP contribution in [0.15, 0.2) is 52.7 Å². The summed E-state index contributed by atoms with van der Waals surface area (Å²) in [5, 5.41) is 19.4. The van der Waals surface area contributed by atoms with Crippen LogP contribution in [0.5, 0.6) is 0 Å². The maximum atomic E-state index is 11.0. The number of nitrogen functional groups attached to an aromatic ring is 1. The number of nitrogens with two attached hydrogens (primary N) is 1. The predicted octanol–water partition coefficient (Wildman–Crippen LogP) is 2.66. The average molecular weight is 297 g/mol. The number of carbonyl (C=O) groups is 1. The van der Waals surface area contributed by atoms with Crippen molar-refractivity contribution < 1.29 is 9.90 Å². The molecule has 0 amide bonds. The van der Waals surface area contributed by atoms with Gasteiger partial charge in [-0.25, -0.2) is 4.98 Å². The molecule has 0 bridgehead atoms. The molecule has 0 saturated heterocycles. The molecule has 7 heteroatoms. The predicted molar refractivity (Wildman–Crippen MR) is 79.0 cm³/mol. The molecule has 0 spiro atoms. The average Bonchev–Trinajstić information content (AvgIpc) is 2.88. The van der Waals surface area contributed by atoms with Crippen molar-refractivity contribution in [3.05, 3.63) is 48.0 Å². The zero-order chi connectivity index (χ0) is 14.8. The van der Waals surface area contributed by atoms with Gasteiger partial charge in [-0.3, -0.25) is 0 Å². The highest BCUT2D eigenvalue weighted by Gasteiger charge is 2.05. The molecule has 104 valence electrons. The third-order valence-electron chi connectivity index (χ3n) is 2.77. The summed E-state index contributed by atoms with van der Waals surface area (Å²) in [6.07, 6.45) is 0. The summed E-state index contributed by atoms with van der Waals surface area (Å²) >= 11 is 1.37. The largest absolute Gasteiger partial charge is 0.545 e. The number of aromatic nitrogens is 1. The topological polar surface area (TPSA) is 104 Å². The minimum atomic E-state index is -1.35.